The Hall–Kier alpha value is -1.06. The fourth-order valence-corrected chi connectivity index (χ4v) is 12.3. The second-order valence-electron chi connectivity index (χ2n) is 20.0. The number of aliphatic carboxylic acids is 1. The molecule has 0 aromatic heterocycles. The Labute approximate surface area is 361 Å². The van der Waals surface area contributed by atoms with Crippen molar-refractivity contribution >= 4 is 35.1 Å². The van der Waals surface area contributed by atoms with Gasteiger partial charge in [-0.3, -0.25) is 9.59 Å². The Morgan fingerprint density at radius 1 is 0.932 bits per heavy atom. The van der Waals surface area contributed by atoms with Crippen LogP contribution in [-0.2, 0) is 33.3 Å². The number of carbonyl (C=O) groups excluding carboxylic acids is 1. The predicted molar refractivity (Wildman–Crippen MR) is 224 cm³/mol. The summed E-state index contributed by atoms with van der Waals surface area (Å²) in [7, 11) is 0. The summed E-state index contributed by atoms with van der Waals surface area (Å²) < 4.78 is 34.6. The Morgan fingerprint density at radius 3 is 2.22 bits per heavy atom. The van der Waals surface area contributed by atoms with Crippen LogP contribution in [0.1, 0.15) is 140 Å². The molecule has 14 heteroatoms. The summed E-state index contributed by atoms with van der Waals surface area (Å²) in [4.78, 5) is 23.8. The molecule has 5 N–H and O–H groups in total. The van der Waals surface area contributed by atoms with Gasteiger partial charge in [0.15, 0.2) is 16.4 Å². The van der Waals surface area contributed by atoms with E-state index >= 15 is 0 Å². The summed E-state index contributed by atoms with van der Waals surface area (Å²) in [6.45, 7) is 20.0. The maximum Gasteiger partial charge on any atom is 0.309 e. The molecule has 0 aromatic carbocycles. The third kappa shape index (κ3) is 8.18. The van der Waals surface area contributed by atoms with Gasteiger partial charge in [-0.1, -0.05) is 84.7 Å². The fraction of sp³-hybridized carbons (Fsp3) is 0.911. The third-order valence-corrected chi connectivity index (χ3v) is 16.9. The zero-order chi connectivity index (χ0) is 43.7. The van der Waals surface area contributed by atoms with Crippen molar-refractivity contribution in [3.8, 4) is 0 Å². The summed E-state index contributed by atoms with van der Waals surface area (Å²) in [6, 6.07) is -0.758. The topological polar surface area (TPSA) is 173 Å². The number of ether oxygens (including phenoxy) is 5. The number of carbonyl (C=O) groups is 2. The van der Waals surface area contributed by atoms with Gasteiger partial charge in [0.1, 0.15) is 6.04 Å². The molecule has 1 amide bonds. The monoisotopic (exact) mass is 873 g/mol. The van der Waals surface area contributed by atoms with Crippen LogP contribution in [0.2, 0.25) is 0 Å². The number of hydrogen-bond donors (Lipinski definition) is 5. The Bertz CT molecular complexity index is 1570. The number of nitrogens with one attached hydrogen (secondary N) is 1. The van der Waals surface area contributed by atoms with Crippen molar-refractivity contribution in [1.82, 2.24) is 5.32 Å². The van der Waals surface area contributed by atoms with Crippen LogP contribution in [0.25, 0.3) is 0 Å². The minimum atomic E-state index is -1.38. The lowest BCUT2D eigenvalue weighted by atomic mass is 9.71. The number of carboxylic acids is 1. The number of hydrogen-bond acceptors (Lipinski definition) is 10. The molecule has 19 atom stereocenters. The Balaban J connectivity index is 1.24. The number of alkyl halides is 2. The molecule has 0 aromatic rings. The van der Waals surface area contributed by atoms with E-state index in [1.165, 1.54) is 0 Å². The van der Waals surface area contributed by atoms with Gasteiger partial charge in [0.05, 0.1) is 59.3 Å². The molecule has 0 bridgehead atoms. The first-order valence-corrected chi connectivity index (χ1v) is 23.4. The molecule has 4 saturated heterocycles. The van der Waals surface area contributed by atoms with Gasteiger partial charge in [-0.2, -0.15) is 0 Å². The van der Waals surface area contributed by atoms with Gasteiger partial charge in [0.2, 0.25) is 0 Å². The van der Waals surface area contributed by atoms with Crippen molar-refractivity contribution in [3.05, 3.63) is 12.2 Å². The van der Waals surface area contributed by atoms with Crippen LogP contribution in [-0.4, -0.2) is 108 Å². The number of halogens is 2. The molecule has 6 aliphatic rings. The van der Waals surface area contributed by atoms with Crippen LogP contribution < -0.4 is 5.32 Å². The molecular formula is C45H73Cl2NO11. The Morgan fingerprint density at radius 2 is 1.63 bits per heavy atom. The number of amides is 1. The second-order valence-corrected chi connectivity index (χ2v) is 21.1. The van der Waals surface area contributed by atoms with Crippen molar-refractivity contribution in [2.45, 2.75) is 216 Å². The maximum absolute atomic E-state index is 13.0. The van der Waals surface area contributed by atoms with E-state index in [0.717, 1.165) is 6.42 Å². The van der Waals surface area contributed by atoms with Gasteiger partial charge >= 0.3 is 5.97 Å². The minimum Gasteiger partial charge on any atom is -0.481 e. The standard InChI is InChI=1S/C45H73Cl2NO11/c1-11-29(39(52)53)31-15-14-25(5)43(56-31)23-40(43,9)36(50)27(7)34(49)30(12-2)35-24(4)22-26(6)44(57-35)19-16-32(48-38(51)37(46)47)45(59-44)21-20-41(10,58-45)33-17-18-42(54,13-3)28(8)55-33/h16,19,24-37,49-50,54H,11-15,17-18,20-23H2,1-10H3,(H,48,51)(H,52,53)/t24-,25-,26+,27+,28-,29+,30?,31+,32+,33+,34?,35-,36+,40?,41-,42+,43+,44-,45-/m0/s1. The summed E-state index contributed by atoms with van der Waals surface area (Å²) in [5, 5.41) is 48.5. The molecule has 3 unspecified atom stereocenters. The highest BCUT2D eigenvalue weighted by atomic mass is 35.5. The summed E-state index contributed by atoms with van der Waals surface area (Å²) in [5.41, 5.74) is -3.07. The van der Waals surface area contributed by atoms with Crippen LogP contribution in [0.15, 0.2) is 12.2 Å². The van der Waals surface area contributed by atoms with Crippen molar-refractivity contribution in [2.24, 2.45) is 40.9 Å². The molecule has 3 spiro atoms. The van der Waals surface area contributed by atoms with E-state index in [-0.39, 0.29) is 29.8 Å². The average Bonchev–Trinajstić information content (AvgIpc) is 3.64. The predicted octanol–water partition coefficient (Wildman–Crippen LogP) is 7.05. The van der Waals surface area contributed by atoms with Crippen LogP contribution in [0, 0.1) is 40.9 Å². The van der Waals surface area contributed by atoms with E-state index in [9.17, 15) is 30.0 Å². The Kier molecular flexibility index (Phi) is 13.8. The maximum atomic E-state index is 13.0. The first kappa shape index (κ1) is 47.4. The van der Waals surface area contributed by atoms with Crippen molar-refractivity contribution in [2.75, 3.05) is 0 Å². The van der Waals surface area contributed by atoms with E-state index in [2.05, 4.69) is 26.1 Å². The highest BCUT2D eigenvalue weighted by Crippen LogP contribution is 2.69. The number of rotatable bonds is 13. The van der Waals surface area contributed by atoms with Crippen LogP contribution >= 0.6 is 23.2 Å². The van der Waals surface area contributed by atoms with E-state index in [4.69, 9.17) is 46.9 Å². The third-order valence-electron chi connectivity index (χ3n) is 16.5. The summed E-state index contributed by atoms with van der Waals surface area (Å²) in [5.74, 6) is -5.64. The molecule has 5 heterocycles. The SMILES string of the molecule is CCC(C(O)[C@@H](C)[C@@H](O)C1(C)C[C@]12O[C@@H]([C@@H](CC)C(=O)O)CC[C@@H]2C)[C@H]1O[C@]2(C=C[C@@H](NC(=O)C(Cl)Cl)[C@]3(CC[C@@](C)([C@H]4CC[C@](O)(CC)[C@H](C)O4)O3)O2)[C@H](C)C[C@@H]1C. The summed E-state index contributed by atoms with van der Waals surface area (Å²) in [6.07, 6.45) is 6.71. The number of aliphatic hydroxyl groups excluding tert-OH is 2. The normalized spacial score (nSPS) is 47.3. The van der Waals surface area contributed by atoms with Crippen LogP contribution in [0.4, 0.5) is 0 Å². The van der Waals surface area contributed by atoms with Gasteiger partial charge in [0, 0.05) is 29.6 Å². The molecule has 6 rings (SSSR count). The molecule has 5 aliphatic heterocycles. The first-order chi connectivity index (χ1) is 27.5. The molecule has 1 saturated carbocycles. The van der Waals surface area contributed by atoms with E-state index < -0.39 is 98.9 Å². The first-order valence-electron chi connectivity index (χ1n) is 22.5. The highest BCUT2D eigenvalue weighted by molar-refractivity contribution is 6.53. The van der Waals surface area contributed by atoms with Crippen molar-refractivity contribution in [3.63, 3.8) is 0 Å². The molecule has 1 aliphatic carbocycles. The van der Waals surface area contributed by atoms with Gasteiger partial charge in [-0.05, 0) is 96.0 Å². The van der Waals surface area contributed by atoms with Gasteiger partial charge in [0.25, 0.3) is 5.91 Å². The summed E-state index contributed by atoms with van der Waals surface area (Å²) >= 11 is 12.1. The van der Waals surface area contributed by atoms with Gasteiger partial charge in [-0.25, -0.2) is 0 Å². The lowest BCUT2D eigenvalue weighted by molar-refractivity contribution is -0.400. The molecule has 59 heavy (non-hydrogen) atoms. The molecule has 338 valence electrons. The fourth-order valence-electron chi connectivity index (χ4n) is 12.2. The number of carboxylic acid groups (broad SMARTS) is 1. The zero-order valence-corrected chi connectivity index (χ0v) is 38.4. The van der Waals surface area contributed by atoms with Crippen molar-refractivity contribution < 1.29 is 53.7 Å². The van der Waals surface area contributed by atoms with Crippen LogP contribution in [0.3, 0.4) is 0 Å². The van der Waals surface area contributed by atoms with Crippen LogP contribution in [0.5, 0.6) is 0 Å². The molecule has 0 radical (unpaired) electrons. The quantitative estimate of drug-likeness (QED) is 0.0949. The highest BCUT2D eigenvalue weighted by Gasteiger charge is 2.74. The smallest absolute Gasteiger partial charge is 0.309 e. The average molecular weight is 875 g/mol. The van der Waals surface area contributed by atoms with Gasteiger partial charge in [-0.15, -0.1) is 0 Å². The molecular weight excluding hydrogens is 801 g/mol. The second kappa shape index (κ2) is 17.1. The number of aliphatic hydroxyl groups is 3. The van der Waals surface area contributed by atoms with Gasteiger partial charge < -0.3 is 49.4 Å². The van der Waals surface area contributed by atoms with E-state index in [1.807, 2.05) is 60.6 Å². The lowest BCUT2D eigenvalue weighted by Gasteiger charge is -2.55. The minimum absolute atomic E-state index is 0.0229. The largest absolute Gasteiger partial charge is 0.481 e. The van der Waals surface area contributed by atoms with E-state index in [0.29, 0.717) is 64.2 Å². The molecule has 12 nitrogen and oxygen atoms in total. The zero-order valence-electron chi connectivity index (χ0n) is 36.9. The molecule has 5 fully saturated rings. The van der Waals surface area contributed by atoms with Crippen molar-refractivity contribution in [1.29, 1.82) is 0 Å². The lowest BCUT2D eigenvalue weighted by Crippen LogP contribution is -2.66. The van der Waals surface area contributed by atoms with E-state index in [1.54, 1.807) is 0 Å².